The molecule has 6 nitrogen and oxygen atoms in total. The lowest BCUT2D eigenvalue weighted by Crippen LogP contribution is -2.32. The van der Waals surface area contributed by atoms with Gasteiger partial charge in [-0.25, -0.2) is 0 Å². The summed E-state index contributed by atoms with van der Waals surface area (Å²) in [5, 5.41) is 11.0. The van der Waals surface area contributed by atoms with Crippen molar-refractivity contribution in [2.24, 2.45) is 0 Å². The number of nitro groups is 1. The molecule has 0 aromatic heterocycles. The van der Waals surface area contributed by atoms with E-state index in [0.29, 0.717) is 25.3 Å². The van der Waals surface area contributed by atoms with Crippen molar-refractivity contribution in [3.63, 3.8) is 0 Å². The molecule has 0 saturated carbocycles. The minimum absolute atomic E-state index is 0.0296. The number of para-hydroxylation sites is 1. The van der Waals surface area contributed by atoms with Gasteiger partial charge >= 0.3 is 0 Å². The number of nitrogens with zero attached hydrogens (tertiary/aromatic N) is 2. The number of hydrogen-bond donors (Lipinski definition) is 0. The van der Waals surface area contributed by atoms with Gasteiger partial charge in [0.25, 0.3) is 5.69 Å². The van der Waals surface area contributed by atoms with Crippen molar-refractivity contribution in [3.8, 4) is 0 Å². The van der Waals surface area contributed by atoms with E-state index >= 15 is 0 Å². The van der Waals surface area contributed by atoms with Gasteiger partial charge in [0.15, 0.2) is 0 Å². The van der Waals surface area contributed by atoms with E-state index in [-0.39, 0.29) is 11.6 Å². The lowest BCUT2D eigenvalue weighted by molar-refractivity contribution is -0.385. The highest BCUT2D eigenvalue weighted by molar-refractivity contribution is 5.92. The summed E-state index contributed by atoms with van der Waals surface area (Å²) in [6.07, 6.45) is 2.84. The Kier molecular flexibility index (Phi) is 6.86. The fourth-order valence-corrected chi connectivity index (χ4v) is 2.33. The summed E-state index contributed by atoms with van der Waals surface area (Å²) in [5.74, 6) is -0.223. The fourth-order valence-electron chi connectivity index (χ4n) is 2.33. The first kappa shape index (κ1) is 18.4. The summed E-state index contributed by atoms with van der Waals surface area (Å²) in [6, 6.07) is 15.9. The van der Waals surface area contributed by atoms with Gasteiger partial charge in [0.2, 0.25) is 5.91 Å². The summed E-state index contributed by atoms with van der Waals surface area (Å²) in [7, 11) is 1.58. The van der Waals surface area contributed by atoms with E-state index in [2.05, 4.69) is 0 Å². The molecule has 0 N–H and O–H groups in total. The van der Waals surface area contributed by atoms with Gasteiger partial charge in [0.1, 0.15) is 0 Å². The molecule has 0 saturated heterocycles. The lowest BCUT2D eigenvalue weighted by Gasteiger charge is -2.21. The van der Waals surface area contributed by atoms with Crippen molar-refractivity contribution >= 4 is 17.7 Å². The monoisotopic (exact) mass is 340 g/mol. The first-order valence-electron chi connectivity index (χ1n) is 7.85. The average Bonchev–Trinajstić information content (AvgIpc) is 2.64. The zero-order valence-corrected chi connectivity index (χ0v) is 14.0. The second kappa shape index (κ2) is 9.34. The Labute approximate surface area is 146 Å². The number of amides is 1. The first-order chi connectivity index (χ1) is 12.1. The molecular weight excluding hydrogens is 320 g/mol. The first-order valence-corrected chi connectivity index (χ1v) is 7.85. The third-order valence-corrected chi connectivity index (χ3v) is 3.63. The van der Waals surface area contributed by atoms with Crippen LogP contribution < -0.4 is 0 Å². The second-order valence-electron chi connectivity index (χ2n) is 5.39. The molecule has 0 bridgehead atoms. The highest BCUT2D eigenvalue weighted by atomic mass is 16.6. The molecule has 0 aliphatic heterocycles. The molecule has 0 aliphatic rings. The Hall–Kier alpha value is -2.99. The third-order valence-electron chi connectivity index (χ3n) is 3.63. The standard InChI is InChI=1S/C19H20N2O4/c1-25-14-13-20(15-16-7-3-2-4-8-16)19(22)12-11-17-9-5-6-10-18(17)21(23)24/h2-12H,13-15H2,1H3/b12-11+. The van der Waals surface area contributed by atoms with Crippen LogP contribution in [0, 0.1) is 10.1 Å². The molecule has 0 aliphatic carbocycles. The van der Waals surface area contributed by atoms with Gasteiger partial charge in [-0.15, -0.1) is 0 Å². The zero-order valence-electron chi connectivity index (χ0n) is 14.0. The highest BCUT2D eigenvalue weighted by Crippen LogP contribution is 2.19. The minimum Gasteiger partial charge on any atom is -0.383 e. The number of carbonyl (C=O) groups excluding carboxylic acids is 1. The fraction of sp³-hybridized carbons (Fsp3) is 0.211. The Bertz CT molecular complexity index is 744. The molecule has 2 aromatic carbocycles. The van der Waals surface area contributed by atoms with E-state index in [4.69, 9.17) is 4.74 Å². The summed E-state index contributed by atoms with van der Waals surface area (Å²) < 4.78 is 5.07. The summed E-state index contributed by atoms with van der Waals surface area (Å²) in [4.78, 5) is 24.7. The molecule has 0 atom stereocenters. The van der Waals surface area contributed by atoms with Crippen molar-refractivity contribution in [2.75, 3.05) is 20.3 Å². The maximum absolute atomic E-state index is 12.5. The molecule has 2 aromatic rings. The van der Waals surface area contributed by atoms with Crippen LogP contribution in [0.15, 0.2) is 60.7 Å². The highest BCUT2D eigenvalue weighted by Gasteiger charge is 2.13. The third kappa shape index (κ3) is 5.54. The number of hydrogen-bond acceptors (Lipinski definition) is 4. The minimum atomic E-state index is -0.461. The lowest BCUT2D eigenvalue weighted by atomic mass is 10.1. The van der Waals surface area contributed by atoms with Crippen LogP contribution >= 0.6 is 0 Å². The molecule has 25 heavy (non-hydrogen) atoms. The maximum atomic E-state index is 12.5. The molecule has 0 unspecified atom stereocenters. The van der Waals surface area contributed by atoms with Crippen LogP contribution in [0.25, 0.3) is 6.08 Å². The molecule has 0 radical (unpaired) electrons. The Morgan fingerprint density at radius 3 is 2.52 bits per heavy atom. The van der Waals surface area contributed by atoms with Crippen molar-refractivity contribution in [3.05, 3.63) is 81.9 Å². The Balaban J connectivity index is 2.15. The number of nitro benzene ring substituents is 1. The van der Waals surface area contributed by atoms with Crippen LogP contribution in [0.4, 0.5) is 5.69 Å². The van der Waals surface area contributed by atoms with Crippen molar-refractivity contribution in [2.45, 2.75) is 6.54 Å². The van der Waals surface area contributed by atoms with E-state index in [0.717, 1.165) is 5.56 Å². The van der Waals surface area contributed by atoms with Crippen LogP contribution in [0.3, 0.4) is 0 Å². The van der Waals surface area contributed by atoms with E-state index in [1.54, 1.807) is 30.2 Å². The topological polar surface area (TPSA) is 72.7 Å². The van der Waals surface area contributed by atoms with E-state index in [1.165, 1.54) is 18.2 Å². The van der Waals surface area contributed by atoms with E-state index in [9.17, 15) is 14.9 Å². The predicted octanol–water partition coefficient (Wildman–Crippen LogP) is 3.28. The molecular formula is C19H20N2O4. The molecule has 0 fully saturated rings. The molecule has 6 heteroatoms. The summed E-state index contributed by atoms with van der Waals surface area (Å²) >= 11 is 0. The van der Waals surface area contributed by atoms with Crippen LogP contribution in [0.2, 0.25) is 0 Å². The van der Waals surface area contributed by atoms with Crippen LogP contribution in [0.5, 0.6) is 0 Å². The zero-order chi connectivity index (χ0) is 18.1. The van der Waals surface area contributed by atoms with Gasteiger partial charge in [-0.05, 0) is 17.7 Å². The normalized spacial score (nSPS) is 10.8. The predicted molar refractivity (Wildman–Crippen MR) is 95.9 cm³/mol. The number of methoxy groups -OCH3 is 1. The van der Waals surface area contributed by atoms with Gasteiger partial charge < -0.3 is 9.64 Å². The SMILES string of the molecule is COCCN(Cc1ccccc1)C(=O)/C=C/c1ccccc1[N+](=O)[O-]. The van der Waals surface area contributed by atoms with Crippen molar-refractivity contribution in [1.29, 1.82) is 0 Å². The van der Waals surface area contributed by atoms with E-state index < -0.39 is 4.92 Å². The second-order valence-corrected chi connectivity index (χ2v) is 5.39. The maximum Gasteiger partial charge on any atom is 0.276 e. The van der Waals surface area contributed by atoms with Gasteiger partial charge in [-0.1, -0.05) is 42.5 Å². The smallest absolute Gasteiger partial charge is 0.276 e. The Morgan fingerprint density at radius 1 is 1.16 bits per heavy atom. The van der Waals surface area contributed by atoms with E-state index in [1.807, 2.05) is 30.3 Å². The van der Waals surface area contributed by atoms with Crippen molar-refractivity contribution < 1.29 is 14.5 Å². The summed E-state index contributed by atoms with van der Waals surface area (Å²) in [5.41, 5.74) is 1.37. The van der Waals surface area contributed by atoms with Crippen LogP contribution in [-0.2, 0) is 16.1 Å². The van der Waals surface area contributed by atoms with Gasteiger partial charge in [0.05, 0.1) is 17.1 Å². The van der Waals surface area contributed by atoms with Gasteiger partial charge in [-0.2, -0.15) is 0 Å². The number of carbonyl (C=O) groups is 1. The van der Waals surface area contributed by atoms with Crippen LogP contribution in [0.1, 0.15) is 11.1 Å². The molecule has 0 spiro atoms. The van der Waals surface area contributed by atoms with Gasteiger partial charge in [0, 0.05) is 32.3 Å². The molecule has 2 rings (SSSR count). The van der Waals surface area contributed by atoms with Gasteiger partial charge in [-0.3, -0.25) is 14.9 Å². The molecule has 130 valence electrons. The largest absolute Gasteiger partial charge is 0.383 e. The molecule has 0 heterocycles. The Morgan fingerprint density at radius 2 is 1.84 bits per heavy atom. The number of rotatable bonds is 8. The average molecular weight is 340 g/mol. The number of benzene rings is 2. The van der Waals surface area contributed by atoms with Crippen LogP contribution in [-0.4, -0.2) is 36.0 Å². The molecule has 1 amide bonds. The quantitative estimate of drug-likeness (QED) is 0.420. The number of ether oxygens (including phenoxy) is 1. The summed E-state index contributed by atoms with van der Waals surface area (Å²) in [6.45, 7) is 1.30. The van der Waals surface area contributed by atoms with Crippen molar-refractivity contribution in [1.82, 2.24) is 4.90 Å².